The van der Waals surface area contributed by atoms with Crippen LogP contribution >= 0.6 is 0 Å². The first-order chi connectivity index (χ1) is 13.3. The number of aliphatic hydroxyl groups is 1. The van der Waals surface area contributed by atoms with Gasteiger partial charge in [-0.25, -0.2) is 0 Å². The van der Waals surface area contributed by atoms with Gasteiger partial charge < -0.3 is 14.2 Å². The molecule has 1 N–H and O–H groups in total. The van der Waals surface area contributed by atoms with Gasteiger partial charge in [-0.05, 0) is 50.4 Å². The average Bonchev–Trinajstić information content (AvgIpc) is 3.05. The summed E-state index contributed by atoms with van der Waals surface area (Å²) < 4.78 is 12.3. The van der Waals surface area contributed by atoms with Crippen molar-refractivity contribution >= 4 is 34.9 Å². The Morgan fingerprint density at radius 2 is 1.57 bits per heavy atom. The number of para-hydroxylation sites is 1. The molecule has 4 aromatic rings. The van der Waals surface area contributed by atoms with Gasteiger partial charge in [-0.2, -0.15) is 0 Å². The lowest BCUT2D eigenvalue weighted by atomic mass is 9.82. The summed E-state index contributed by atoms with van der Waals surface area (Å²) in [7, 11) is 0.370. The highest BCUT2D eigenvalue weighted by atomic mass is 16.5. The lowest BCUT2D eigenvalue weighted by molar-refractivity contribution is -0.0893. The number of rotatable bonds is 5. The zero-order valence-corrected chi connectivity index (χ0v) is 16.8. The third kappa shape index (κ3) is 3.23. The molecule has 3 aromatic carbocycles. The van der Waals surface area contributed by atoms with E-state index in [0.717, 1.165) is 33.0 Å². The number of fused-ring (bicyclic) bond motifs is 3. The molecule has 142 valence electrons. The molecule has 1 aromatic heterocycles. The van der Waals surface area contributed by atoms with Crippen LogP contribution < -0.4 is 5.46 Å². The SMILES string of the molecule is CC(C)(O)C(C)(C)OBc1cccc2c1oc1cccc(-c3ccccc3)c12. The molecule has 0 aliphatic rings. The minimum absolute atomic E-state index is 0.370. The van der Waals surface area contributed by atoms with Gasteiger partial charge in [0.1, 0.15) is 11.2 Å². The molecule has 0 aliphatic heterocycles. The topological polar surface area (TPSA) is 42.6 Å². The molecular weight excluding hydrogens is 347 g/mol. The monoisotopic (exact) mass is 372 g/mol. The summed E-state index contributed by atoms with van der Waals surface area (Å²) in [5.74, 6) is 0. The molecule has 28 heavy (non-hydrogen) atoms. The van der Waals surface area contributed by atoms with Gasteiger partial charge >= 0.3 is 7.48 Å². The van der Waals surface area contributed by atoms with Gasteiger partial charge in [0.25, 0.3) is 0 Å². The molecule has 0 amide bonds. The standard InChI is InChI=1S/C24H25BO3/c1-23(2,26)24(3,4)28-25-19-14-8-13-18-21-17(16-10-6-5-7-11-16)12-9-15-20(21)27-22(18)19/h5-15,25-26H,1-4H3. The van der Waals surface area contributed by atoms with Crippen molar-refractivity contribution in [3.63, 3.8) is 0 Å². The predicted octanol–water partition coefficient (Wildman–Crippen LogP) is 4.80. The average molecular weight is 372 g/mol. The van der Waals surface area contributed by atoms with E-state index in [1.54, 1.807) is 13.8 Å². The zero-order chi connectivity index (χ0) is 19.9. The molecule has 0 bridgehead atoms. The first kappa shape index (κ1) is 18.8. The summed E-state index contributed by atoms with van der Waals surface area (Å²) >= 11 is 0. The first-order valence-electron chi connectivity index (χ1n) is 9.63. The van der Waals surface area contributed by atoms with Crippen molar-refractivity contribution in [2.75, 3.05) is 0 Å². The Kier molecular flexibility index (Phi) is 4.57. The van der Waals surface area contributed by atoms with Crippen LogP contribution in [0.15, 0.2) is 71.1 Å². The summed E-state index contributed by atoms with van der Waals surface area (Å²) in [6.45, 7) is 7.33. The summed E-state index contributed by atoms with van der Waals surface area (Å²) in [6, 6.07) is 22.7. The van der Waals surface area contributed by atoms with E-state index in [9.17, 15) is 5.11 Å². The van der Waals surface area contributed by atoms with E-state index in [0.29, 0.717) is 7.48 Å². The molecule has 0 spiro atoms. The van der Waals surface area contributed by atoms with E-state index in [1.807, 2.05) is 44.2 Å². The molecule has 0 unspecified atom stereocenters. The maximum atomic E-state index is 10.4. The highest BCUT2D eigenvalue weighted by Gasteiger charge is 2.36. The van der Waals surface area contributed by atoms with Gasteiger partial charge in [0.15, 0.2) is 0 Å². The van der Waals surface area contributed by atoms with Gasteiger partial charge in [-0.15, -0.1) is 0 Å². The molecule has 0 radical (unpaired) electrons. The van der Waals surface area contributed by atoms with E-state index in [1.165, 1.54) is 5.56 Å². The zero-order valence-electron chi connectivity index (χ0n) is 16.8. The molecule has 0 atom stereocenters. The van der Waals surface area contributed by atoms with Crippen LogP contribution in [0.4, 0.5) is 0 Å². The largest absolute Gasteiger partial charge is 0.457 e. The Balaban J connectivity index is 1.82. The smallest absolute Gasteiger partial charge is 0.313 e. The van der Waals surface area contributed by atoms with Gasteiger partial charge in [-0.1, -0.05) is 60.7 Å². The highest BCUT2D eigenvalue weighted by Crippen LogP contribution is 2.36. The van der Waals surface area contributed by atoms with Gasteiger partial charge in [0.05, 0.1) is 11.2 Å². The molecule has 0 saturated carbocycles. The maximum Gasteiger partial charge on any atom is 0.313 e. The van der Waals surface area contributed by atoms with Crippen LogP contribution in [-0.4, -0.2) is 23.8 Å². The van der Waals surface area contributed by atoms with E-state index in [-0.39, 0.29) is 0 Å². The van der Waals surface area contributed by atoms with Crippen LogP contribution in [0.3, 0.4) is 0 Å². The lowest BCUT2D eigenvalue weighted by Crippen LogP contribution is -2.49. The fourth-order valence-corrected chi connectivity index (χ4v) is 3.31. The van der Waals surface area contributed by atoms with Crippen LogP contribution in [0.5, 0.6) is 0 Å². The Hall–Kier alpha value is -2.56. The molecule has 4 heteroatoms. The fraction of sp³-hybridized carbons (Fsp3) is 0.250. The molecule has 3 nitrogen and oxygen atoms in total. The van der Waals surface area contributed by atoms with Crippen LogP contribution in [0.1, 0.15) is 27.7 Å². The summed E-state index contributed by atoms with van der Waals surface area (Å²) in [6.07, 6.45) is 0. The van der Waals surface area contributed by atoms with Crippen molar-refractivity contribution in [3.8, 4) is 11.1 Å². The molecule has 0 aliphatic carbocycles. The van der Waals surface area contributed by atoms with Crippen LogP contribution in [0.2, 0.25) is 0 Å². The van der Waals surface area contributed by atoms with Crippen molar-refractivity contribution in [1.29, 1.82) is 0 Å². The molecule has 4 rings (SSSR count). The van der Waals surface area contributed by atoms with E-state index < -0.39 is 11.2 Å². The maximum absolute atomic E-state index is 10.4. The molecule has 1 heterocycles. The Morgan fingerprint density at radius 1 is 0.857 bits per heavy atom. The highest BCUT2D eigenvalue weighted by molar-refractivity contribution is 6.51. The molecule has 0 fully saturated rings. The van der Waals surface area contributed by atoms with Gasteiger partial charge in [0, 0.05) is 10.8 Å². The molecular formula is C24H25BO3. The third-order valence-corrected chi connectivity index (χ3v) is 5.75. The Labute approximate surface area is 166 Å². The van der Waals surface area contributed by atoms with Crippen molar-refractivity contribution in [1.82, 2.24) is 0 Å². The van der Waals surface area contributed by atoms with Crippen molar-refractivity contribution in [2.24, 2.45) is 0 Å². The molecule has 0 saturated heterocycles. The van der Waals surface area contributed by atoms with Gasteiger partial charge in [0.2, 0.25) is 0 Å². The third-order valence-electron chi connectivity index (χ3n) is 5.75. The van der Waals surface area contributed by atoms with Crippen LogP contribution in [0, 0.1) is 0 Å². The van der Waals surface area contributed by atoms with E-state index in [4.69, 9.17) is 9.07 Å². The number of furan rings is 1. The number of hydrogen-bond acceptors (Lipinski definition) is 3. The minimum atomic E-state index is -0.949. The second-order valence-electron chi connectivity index (χ2n) is 8.30. The fourth-order valence-electron chi connectivity index (χ4n) is 3.31. The summed E-state index contributed by atoms with van der Waals surface area (Å²) in [4.78, 5) is 0. The second-order valence-corrected chi connectivity index (χ2v) is 8.30. The normalized spacial score (nSPS) is 12.6. The minimum Gasteiger partial charge on any atom is -0.457 e. The van der Waals surface area contributed by atoms with Crippen LogP contribution in [-0.2, 0) is 4.65 Å². The van der Waals surface area contributed by atoms with E-state index in [2.05, 4.69) is 36.4 Å². The summed E-state index contributed by atoms with van der Waals surface area (Å²) in [5, 5.41) is 12.6. The van der Waals surface area contributed by atoms with Crippen molar-refractivity contribution in [2.45, 2.75) is 38.9 Å². The van der Waals surface area contributed by atoms with Crippen molar-refractivity contribution in [3.05, 3.63) is 66.7 Å². The Bertz CT molecular complexity index is 1120. The predicted molar refractivity (Wildman–Crippen MR) is 117 cm³/mol. The Morgan fingerprint density at radius 3 is 2.29 bits per heavy atom. The quantitative estimate of drug-likeness (QED) is 0.512. The summed E-state index contributed by atoms with van der Waals surface area (Å²) in [5.41, 5.74) is 3.38. The number of hydrogen-bond donors (Lipinski definition) is 1. The van der Waals surface area contributed by atoms with Gasteiger partial charge in [-0.3, -0.25) is 0 Å². The van der Waals surface area contributed by atoms with Crippen molar-refractivity contribution < 1.29 is 14.2 Å². The second kappa shape index (κ2) is 6.80. The van der Waals surface area contributed by atoms with Crippen LogP contribution in [0.25, 0.3) is 33.1 Å². The lowest BCUT2D eigenvalue weighted by Gasteiger charge is -2.37. The first-order valence-corrected chi connectivity index (χ1v) is 9.63. The van der Waals surface area contributed by atoms with E-state index >= 15 is 0 Å². The number of benzene rings is 3.